The molecule has 0 radical (unpaired) electrons. The van der Waals surface area contributed by atoms with Gasteiger partial charge in [-0.1, -0.05) is 90.5 Å². The van der Waals surface area contributed by atoms with E-state index in [1.807, 2.05) is 58.4 Å². The lowest BCUT2D eigenvalue weighted by atomic mass is 10.0. The number of alkyl halides is 3. The Morgan fingerprint density at radius 2 is 1.72 bits per heavy atom. The van der Waals surface area contributed by atoms with Gasteiger partial charge in [0.25, 0.3) is 0 Å². The lowest BCUT2D eigenvalue weighted by molar-refractivity contribution is -0.137. The molecule has 3 aromatic carbocycles. The number of aldehydes is 1. The smallest absolute Gasteiger partial charge is 0.326 e. The summed E-state index contributed by atoms with van der Waals surface area (Å²) in [6, 6.07) is 17.8. The quantitative estimate of drug-likeness (QED) is 0.0864. The first-order valence-electron chi connectivity index (χ1n) is 14.1. The minimum Gasteiger partial charge on any atom is -0.326 e. The summed E-state index contributed by atoms with van der Waals surface area (Å²) in [4.78, 5) is 16.0. The zero-order valence-corrected chi connectivity index (χ0v) is 27.4. The number of aromatic nitrogens is 2. The molecule has 1 aromatic heterocycles. The minimum absolute atomic E-state index is 0.227. The number of nitrogens with one attached hydrogen (secondary N) is 1. The predicted molar refractivity (Wildman–Crippen MR) is 185 cm³/mol. The van der Waals surface area contributed by atoms with E-state index < -0.39 is 11.7 Å². The van der Waals surface area contributed by atoms with E-state index in [2.05, 4.69) is 11.3 Å². The van der Waals surface area contributed by atoms with Crippen molar-refractivity contribution in [3.8, 4) is 22.4 Å². The van der Waals surface area contributed by atoms with Gasteiger partial charge in [-0.2, -0.15) is 13.2 Å². The summed E-state index contributed by atoms with van der Waals surface area (Å²) in [5, 5.41) is 0.932. The van der Waals surface area contributed by atoms with Gasteiger partial charge in [0, 0.05) is 36.1 Å². The Morgan fingerprint density at radius 1 is 1.02 bits per heavy atom. The number of imidazole rings is 1. The van der Waals surface area contributed by atoms with Crippen molar-refractivity contribution in [2.75, 3.05) is 13.6 Å². The highest BCUT2D eigenvalue weighted by atomic mass is 35.5. The molecule has 0 saturated heterocycles. The standard InChI is InChI=1S/C35H31Cl2F3N4OS/c1-4-25(12-11-24(2)44(19-20-45)46-41-3)22-43-23-32(34-30(36)9-6-10-31(34)37)42-33(43)18-15-26-13-16-27(17-14-26)28-7-5-8-29(21-28)35(38,39)40/h4-18,20-21,23,41H,1,19,22H2,2-3H3/b18-15+,24-11+,25-12+. The van der Waals surface area contributed by atoms with Crippen molar-refractivity contribution in [1.29, 1.82) is 0 Å². The monoisotopic (exact) mass is 682 g/mol. The van der Waals surface area contributed by atoms with Crippen molar-refractivity contribution in [3.63, 3.8) is 0 Å². The highest BCUT2D eigenvalue weighted by Crippen LogP contribution is 2.35. The van der Waals surface area contributed by atoms with E-state index in [9.17, 15) is 18.0 Å². The fourth-order valence-electron chi connectivity index (χ4n) is 4.51. The van der Waals surface area contributed by atoms with Crippen LogP contribution < -0.4 is 4.72 Å². The highest BCUT2D eigenvalue weighted by Gasteiger charge is 2.30. The van der Waals surface area contributed by atoms with Gasteiger partial charge in [0.2, 0.25) is 0 Å². The third-order valence-electron chi connectivity index (χ3n) is 6.87. The zero-order chi connectivity index (χ0) is 33.3. The van der Waals surface area contributed by atoms with Crippen molar-refractivity contribution in [2.45, 2.75) is 19.6 Å². The van der Waals surface area contributed by atoms with Crippen LogP contribution in [0.4, 0.5) is 13.2 Å². The molecule has 5 nitrogen and oxygen atoms in total. The maximum Gasteiger partial charge on any atom is 0.416 e. The number of rotatable bonds is 13. The van der Waals surface area contributed by atoms with Crippen molar-refractivity contribution in [3.05, 3.63) is 136 Å². The zero-order valence-electron chi connectivity index (χ0n) is 25.1. The first kappa shape index (κ1) is 34.8. The first-order valence-corrected chi connectivity index (χ1v) is 15.6. The Morgan fingerprint density at radius 3 is 2.35 bits per heavy atom. The molecule has 238 valence electrons. The molecule has 0 aliphatic rings. The van der Waals surface area contributed by atoms with E-state index in [0.29, 0.717) is 44.8 Å². The van der Waals surface area contributed by atoms with Crippen molar-refractivity contribution in [1.82, 2.24) is 18.6 Å². The first-order chi connectivity index (χ1) is 22.0. The number of allylic oxidation sites excluding steroid dienone is 5. The maximum absolute atomic E-state index is 13.2. The number of halogens is 5. The van der Waals surface area contributed by atoms with Crippen LogP contribution in [0.3, 0.4) is 0 Å². The topological polar surface area (TPSA) is 50.2 Å². The van der Waals surface area contributed by atoms with Crippen LogP contribution in [0.15, 0.2) is 109 Å². The second-order valence-electron chi connectivity index (χ2n) is 10.0. The average Bonchev–Trinajstić information content (AvgIpc) is 3.43. The molecule has 1 heterocycles. The number of carbonyl (C=O) groups is 1. The molecule has 0 saturated carbocycles. The summed E-state index contributed by atoms with van der Waals surface area (Å²) < 4.78 is 46.4. The van der Waals surface area contributed by atoms with Crippen LogP contribution in [-0.4, -0.2) is 33.7 Å². The third kappa shape index (κ3) is 9.04. The lowest BCUT2D eigenvalue weighted by Gasteiger charge is -2.19. The normalized spacial score (nSPS) is 12.5. The SMILES string of the molecule is C=C/C(=C\C=C(/C)N(CC=O)SNC)Cn1cc(-c2c(Cl)cccc2Cl)nc1/C=C/c1ccc(-c2cccc(C(F)(F)F)c2)cc1. The molecule has 46 heavy (non-hydrogen) atoms. The fraction of sp³-hybridized carbons (Fsp3) is 0.143. The molecule has 4 rings (SSSR count). The Labute approximate surface area is 281 Å². The van der Waals surface area contributed by atoms with Gasteiger partial charge < -0.3 is 13.7 Å². The fourth-order valence-corrected chi connectivity index (χ4v) is 5.66. The largest absolute Gasteiger partial charge is 0.416 e. The second-order valence-corrected chi connectivity index (χ2v) is 11.9. The van der Waals surface area contributed by atoms with E-state index in [1.165, 1.54) is 18.2 Å². The Bertz CT molecular complexity index is 1760. The number of carbonyl (C=O) groups excluding carboxylic acids is 1. The molecule has 0 spiro atoms. The number of hydrogen-bond donors (Lipinski definition) is 1. The molecule has 0 bridgehead atoms. The molecule has 0 unspecified atom stereocenters. The molecule has 0 atom stereocenters. The lowest BCUT2D eigenvalue weighted by Crippen LogP contribution is -2.19. The van der Waals surface area contributed by atoms with Crippen LogP contribution in [0, 0.1) is 0 Å². The number of nitrogens with zero attached hydrogens (tertiary/aromatic N) is 3. The molecule has 1 N–H and O–H groups in total. The van der Waals surface area contributed by atoms with E-state index in [1.54, 1.807) is 49.5 Å². The molecule has 0 fully saturated rings. The van der Waals surface area contributed by atoms with E-state index in [0.717, 1.165) is 35.3 Å². The molecule has 0 amide bonds. The maximum atomic E-state index is 13.2. The Balaban J connectivity index is 1.66. The van der Waals surface area contributed by atoms with E-state index in [-0.39, 0.29) is 6.54 Å². The van der Waals surface area contributed by atoms with Crippen molar-refractivity contribution < 1.29 is 18.0 Å². The van der Waals surface area contributed by atoms with Crippen LogP contribution in [0.2, 0.25) is 10.0 Å². The van der Waals surface area contributed by atoms with Crippen molar-refractivity contribution in [2.24, 2.45) is 0 Å². The number of benzene rings is 3. The van der Waals surface area contributed by atoms with Gasteiger partial charge in [-0.05, 0) is 72.7 Å². The summed E-state index contributed by atoms with van der Waals surface area (Å²) in [5.41, 5.74) is 4.24. The van der Waals surface area contributed by atoms with Gasteiger partial charge in [-0.3, -0.25) is 0 Å². The van der Waals surface area contributed by atoms with Crippen LogP contribution in [0.5, 0.6) is 0 Å². The van der Waals surface area contributed by atoms with Crippen LogP contribution in [0.25, 0.3) is 34.5 Å². The van der Waals surface area contributed by atoms with Gasteiger partial charge in [0.15, 0.2) is 0 Å². The molecular weight excluding hydrogens is 652 g/mol. The average molecular weight is 684 g/mol. The summed E-state index contributed by atoms with van der Waals surface area (Å²) in [7, 11) is 1.78. The van der Waals surface area contributed by atoms with Crippen molar-refractivity contribution >= 4 is 53.8 Å². The molecular formula is C35H31Cl2F3N4OS. The van der Waals surface area contributed by atoms with Gasteiger partial charge in [0.1, 0.15) is 12.1 Å². The molecule has 0 aliphatic carbocycles. The summed E-state index contributed by atoms with van der Waals surface area (Å²) >= 11 is 14.3. The Kier molecular flexibility index (Phi) is 12.1. The predicted octanol–water partition coefficient (Wildman–Crippen LogP) is 10.0. The Hall–Kier alpha value is -4.02. The number of hydrogen-bond acceptors (Lipinski definition) is 5. The minimum atomic E-state index is -4.41. The van der Waals surface area contributed by atoms with Gasteiger partial charge in [0.05, 0.1) is 27.8 Å². The summed E-state index contributed by atoms with van der Waals surface area (Å²) in [6.07, 6.45) is 7.61. The van der Waals surface area contributed by atoms with Crippen LogP contribution in [-0.2, 0) is 17.5 Å². The second kappa shape index (κ2) is 16.0. The van der Waals surface area contributed by atoms with Gasteiger partial charge in [-0.25, -0.2) is 9.71 Å². The third-order valence-corrected chi connectivity index (χ3v) is 8.34. The van der Waals surface area contributed by atoms with Gasteiger partial charge in [-0.15, -0.1) is 0 Å². The molecule has 4 aromatic rings. The summed E-state index contributed by atoms with van der Waals surface area (Å²) in [6.45, 7) is 6.54. The highest BCUT2D eigenvalue weighted by molar-refractivity contribution is 7.95. The molecule has 11 heteroatoms. The summed E-state index contributed by atoms with van der Waals surface area (Å²) in [5.74, 6) is 0.620. The van der Waals surface area contributed by atoms with E-state index >= 15 is 0 Å². The van der Waals surface area contributed by atoms with E-state index in [4.69, 9.17) is 28.2 Å². The molecule has 0 aliphatic heterocycles. The van der Waals surface area contributed by atoms with Crippen LogP contribution in [0.1, 0.15) is 23.9 Å². The van der Waals surface area contributed by atoms with Crippen LogP contribution >= 0.6 is 35.3 Å². The van der Waals surface area contributed by atoms with Gasteiger partial charge >= 0.3 is 6.18 Å².